The van der Waals surface area contributed by atoms with E-state index in [4.69, 9.17) is 11.6 Å². The first kappa shape index (κ1) is 13.1. The molecule has 20 heavy (non-hydrogen) atoms. The summed E-state index contributed by atoms with van der Waals surface area (Å²) in [7, 11) is 0. The maximum absolute atomic E-state index is 6.29. The minimum Gasteiger partial charge on any atom is -0.311 e. The highest BCUT2D eigenvalue weighted by Gasteiger charge is 2.42. The Kier molecular flexibility index (Phi) is 3.45. The van der Waals surface area contributed by atoms with Gasteiger partial charge in [-0.1, -0.05) is 11.6 Å². The van der Waals surface area contributed by atoms with Crippen LogP contribution in [0.5, 0.6) is 0 Å². The summed E-state index contributed by atoms with van der Waals surface area (Å²) in [5.41, 5.74) is 1.23. The van der Waals surface area contributed by atoms with E-state index in [2.05, 4.69) is 21.3 Å². The first-order chi connectivity index (χ1) is 9.81. The van der Waals surface area contributed by atoms with Crippen LogP contribution < -0.4 is 5.32 Å². The van der Waals surface area contributed by atoms with Gasteiger partial charge < -0.3 is 5.32 Å². The molecule has 2 atom stereocenters. The second-order valence-corrected chi connectivity index (χ2v) is 7.06. The van der Waals surface area contributed by atoms with Crippen molar-refractivity contribution in [2.75, 3.05) is 13.1 Å². The van der Waals surface area contributed by atoms with E-state index in [0.29, 0.717) is 12.1 Å². The van der Waals surface area contributed by atoms with Crippen molar-refractivity contribution < 1.29 is 0 Å². The summed E-state index contributed by atoms with van der Waals surface area (Å²) in [6.07, 6.45) is 9.25. The molecule has 1 aliphatic heterocycles. The molecule has 0 aromatic carbocycles. The molecule has 1 aromatic rings. The van der Waals surface area contributed by atoms with Crippen molar-refractivity contribution in [1.29, 1.82) is 0 Å². The number of nitrogens with one attached hydrogen (secondary N) is 1. The van der Waals surface area contributed by atoms with Crippen LogP contribution in [0.4, 0.5) is 0 Å². The van der Waals surface area contributed by atoms with E-state index >= 15 is 0 Å². The Morgan fingerprint density at radius 2 is 2.05 bits per heavy atom. The van der Waals surface area contributed by atoms with Gasteiger partial charge in [-0.15, -0.1) is 0 Å². The molecule has 2 heterocycles. The quantitative estimate of drug-likeness (QED) is 0.924. The van der Waals surface area contributed by atoms with Crippen LogP contribution in [0.25, 0.3) is 0 Å². The van der Waals surface area contributed by atoms with Crippen molar-refractivity contribution in [3.8, 4) is 0 Å². The number of rotatable bonds is 4. The van der Waals surface area contributed by atoms with Gasteiger partial charge >= 0.3 is 0 Å². The van der Waals surface area contributed by atoms with E-state index in [1.54, 1.807) is 6.20 Å². The van der Waals surface area contributed by atoms with Crippen molar-refractivity contribution >= 4 is 11.6 Å². The number of piperazine rings is 1. The summed E-state index contributed by atoms with van der Waals surface area (Å²) in [5, 5.41) is 4.60. The molecule has 0 bridgehead atoms. The fourth-order valence-corrected chi connectivity index (χ4v) is 3.73. The fourth-order valence-electron chi connectivity index (χ4n) is 3.55. The summed E-state index contributed by atoms with van der Waals surface area (Å²) in [6, 6.07) is 3.47. The molecule has 0 amide bonds. The number of nitrogens with zero attached hydrogens (tertiary/aromatic N) is 2. The van der Waals surface area contributed by atoms with Gasteiger partial charge in [0.05, 0.1) is 5.02 Å². The highest BCUT2D eigenvalue weighted by atomic mass is 35.5. The topological polar surface area (TPSA) is 28.2 Å². The number of aromatic nitrogens is 1. The first-order valence-corrected chi connectivity index (χ1v) is 8.25. The van der Waals surface area contributed by atoms with Crippen LogP contribution in [0.1, 0.15) is 31.2 Å². The highest BCUT2D eigenvalue weighted by molar-refractivity contribution is 6.31. The van der Waals surface area contributed by atoms with Crippen molar-refractivity contribution in [2.24, 2.45) is 11.8 Å². The average molecular weight is 292 g/mol. The molecule has 2 unspecified atom stereocenters. The maximum Gasteiger partial charge on any atom is 0.0634 e. The second kappa shape index (κ2) is 5.28. The second-order valence-electron chi connectivity index (χ2n) is 6.65. The molecule has 1 aromatic heterocycles. The zero-order valence-electron chi connectivity index (χ0n) is 11.8. The summed E-state index contributed by atoms with van der Waals surface area (Å²) >= 11 is 6.29. The standard InChI is InChI=1S/C16H22ClN3/c17-14-7-18-6-5-13(14)9-20-10-15(11-1-2-11)19-8-16(20)12-3-4-12/h5-7,11-12,15-16,19H,1-4,8-10H2. The monoisotopic (exact) mass is 291 g/mol. The van der Waals surface area contributed by atoms with Gasteiger partial charge in [0.2, 0.25) is 0 Å². The largest absolute Gasteiger partial charge is 0.311 e. The van der Waals surface area contributed by atoms with Gasteiger partial charge in [0.25, 0.3) is 0 Å². The van der Waals surface area contributed by atoms with Crippen LogP contribution in [-0.4, -0.2) is 35.1 Å². The molecule has 3 fully saturated rings. The SMILES string of the molecule is Clc1cnccc1CN1CC(C2CC2)NCC1C1CC1. The van der Waals surface area contributed by atoms with Crippen LogP contribution in [0.2, 0.25) is 5.02 Å². The third kappa shape index (κ3) is 2.72. The molecule has 108 valence electrons. The van der Waals surface area contributed by atoms with E-state index < -0.39 is 0 Å². The van der Waals surface area contributed by atoms with E-state index in [9.17, 15) is 0 Å². The summed E-state index contributed by atoms with van der Waals surface area (Å²) in [5.74, 6) is 1.83. The normalized spacial score (nSPS) is 31.4. The van der Waals surface area contributed by atoms with Crippen LogP contribution >= 0.6 is 11.6 Å². The van der Waals surface area contributed by atoms with Crippen LogP contribution in [0.3, 0.4) is 0 Å². The van der Waals surface area contributed by atoms with E-state index in [1.807, 2.05) is 6.20 Å². The van der Waals surface area contributed by atoms with Gasteiger partial charge in [0, 0.05) is 44.1 Å². The van der Waals surface area contributed by atoms with Gasteiger partial charge in [-0.25, -0.2) is 0 Å². The van der Waals surface area contributed by atoms with Crippen LogP contribution in [-0.2, 0) is 6.54 Å². The minimum atomic E-state index is 0.700. The molecule has 2 saturated carbocycles. The molecular weight excluding hydrogens is 270 g/mol. The molecule has 0 spiro atoms. The zero-order chi connectivity index (χ0) is 13.5. The average Bonchev–Trinajstić information content (AvgIpc) is 3.34. The Morgan fingerprint density at radius 1 is 1.25 bits per heavy atom. The van der Waals surface area contributed by atoms with Gasteiger partial charge in [-0.3, -0.25) is 9.88 Å². The van der Waals surface area contributed by atoms with Gasteiger partial charge in [0.15, 0.2) is 0 Å². The first-order valence-electron chi connectivity index (χ1n) is 7.87. The Bertz CT molecular complexity index is 484. The molecular formula is C16H22ClN3. The predicted octanol–water partition coefficient (Wildman–Crippen LogP) is 2.70. The Hall–Kier alpha value is -0.640. The van der Waals surface area contributed by atoms with E-state index in [-0.39, 0.29) is 0 Å². The van der Waals surface area contributed by atoms with E-state index in [0.717, 1.165) is 29.9 Å². The van der Waals surface area contributed by atoms with Gasteiger partial charge in [-0.05, 0) is 49.1 Å². The molecule has 2 aliphatic carbocycles. The molecule has 4 rings (SSSR count). The summed E-state index contributed by atoms with van der Waals surface area (Å²) in [6.45, 7) is 3.33. The lowest BCUT2D eigenvalue weighted by Crippen LogP contribution is -2.57. The smallest absolute Gasteiger partial charge is 0.0634 e. The zero-order valence-corrected chi connectivity index (χ0v) is 12.5. The molecule has 3 nitrogen and oxygen atoms in total. The Morgan fingerprint density at radius 3 is 2.75 bits per heavy atom. The summed E-state index contributed by atoms with van der Waals surface area (Å²) in [4.78, 5) is 6.77. The number of pyridine rings is 1. The van der Waals surface area contributed by atoms with Crippen LogP contribution in [0.15, 0.2) is 18.5 Å². The molecule has 0 radical (unpaired) electrons. The van der Waals surface area contributed by atoms with Crippen molar-refractivity contribution in [2.45, 2.75) is 44.3 Å². The molecule has 1 saturated heterocycles. The van der Waals surface area contributed by atoms with Crippen molar-refractivity contribution in [1.82, 2.24) is 15.2 Å². The predicted molar refractivity (Wildman–Crippen MR) is 80.7 cm³/mol. The highest BCUT2D eigenvalue weighted by Crippen LogP contribution is 2.40. The number of hydrogen-bond donors (Lipinski definition) is 1. The molecule has 3 aliphatic rings. The Balaban J connectivity index is 1.50. The number of halogens is 1. The van der Waals surface area contributed by atoms with E-state index in [1.165, 1.54) is 37.8 Å². The van der Waals surface area contributed by atoms with Gasteiger partial charge in [-0.2, -0.15) is 0 Å². The molecule has 4 heteroatoms. The maximum atomic E-state index is 6.29. The number of hydrogen-bond acceptors (Lipinski definition) is 3. The third-order valence-corrected chi connectivity index (χ3v) is 5.42. The Labute approximate surface area is 125 Å². The fraction of sp³-hybridized carbons (Fsp3) is 0.688. The van der Waals surface area contributed by atoms with Crippen LogP contribution in [0, 0.1) is 11.8 Å². The lowest BCUT2D eigenvalue weighted by molar-refractivity contribution is 0.100. The molecule has 1 N–H and O–H groups in total. The van der Waals surface area contributed by atoms with Crippen molar-refractivity contribution in [3.05, 3.63) is 29.0 Å². The van der Waals surface area contributed by atoms with Gasteiger partial charge in [0.1, 0.15) is 0 Å². The minimum absolute atomic E-state index is 0.700. The lowest BCUT2D eigenvalue weighted by Gasteiger charge is -2.41. The third-order valence-electron chi connectivity index (χ3n) is 5.08. The van der Waals surface area contributed by atoms with Crippen molar-refractivity contribution in [3.63, 3.8) is 0 Å². The summed E-state index contributed by atoms with van der Waals surface area (Å²) < 4.78 is 0. The lowest BCUT2D eigenvalue weighted by atomic mass is 10.0.